The molecule has 0 radical (unpaired) electrons. The summed E-state index contributed by atoms with van der Waals surface area (Å²) in [5, 5.41) is 15.2. The van der Waals surface area contributed by atoms with Crippen LogP contribution in [0, 0.1) is 11.3 Å². The number of primary amides is 1. The third kappa shape index (κ3) is 4.93. The molecule has 1 heterocycles. The molecule has 1 aliphatic heterocycles. The van der Waals surface area contributed by atoms with E-state index in [1.807, 2.05) is 30.9 Å². The van der Waals surface area contributed by atoms with Crippen LogP contribution in [0.1, 0.15) is 65.8 Å². The Labute approximate surface area is 210 Å². The number of hydrogen-bond donors (Lipinski definition) is 3. The van der Waals surface area contributed by atoms with Crippen molar-refractivity contribution in [2.75, 3.05) is 13.1 Å². The van der Waals surface area contributed by atoms with Crippen molar-refractivity contribution in [3.63, 3.8) is 0 Å². The molecule has 2 aromatic rings. The summed E-state index contributed by atoms with van der Waals surface area (Å²) in [7, 11) is 0. The van der Waals surface area contributed by atoms with Gasteiger partial charge in [0.15, 0.2) is 0 Å². The largest absolute Gasteiger partial charge is 0.384 e. The number of nitrogens with one attached hydrogen (secondary N) is 1. The number of benzene rings is 2. The molecule has 3 atom stereocenters. The second-order valence-corrected chi connectivity index (χ2v) is 10.8. The van der Waals surface area contributed by atoms with Crippen molar-refractivity contribution in [1.29, 1.82) is 0 Å². The van der Waals surface area contributed by atoms with E-state index in [0.29, 0.717) is 42.9 Å². The van der Waals surface area contributed by atoms with Gasteiger partial charge in [0, 0.05) is 40.7 Å². The number of likely N-dealkylation sites (tertiary alicyclic amines) is 1. The van der Waals surface area contributed by atoms with Gasteiger partial charge in [0.05, 0.1) is 11.5 Å². The van der Waals surface area contributed by atoms with Gasteiger partial charge in [-0.05, 0) is 55.2 Å². The van der Waals surface area contributed by atoms with E-state index in [1.165, 1.54) is 6.07 Å². The predicted octanol–water partition coefficient (Wildman–Crippen LogP) is 3.48. The van der Waals surface area contributed by atoms with E-state index in [2.05, 4.69) is 5.32 Å². The zero-order chi connectivity index (χ0) is 25.4. The average Bonchev–Trinajstić information content (AvgIpc) is 3.28. The normalized spacial score (nSPS) is 25.8. The van der Waals surface area contributed by atoms with Crippen LogP contribution in [0.3, 0.4) is 0 Å². The van der Waals surface area contributed by atoms with Crippen molar-refractivity contribution in [1.82, 2.24) is 10.2 Å². The Morgan fingerprint density at radius 2 is 1.77 bits per heavy atom. The lowest BCUT2D eigenvalue weighted by Crippen LogP contribution is -2.58. The highest BCUT2D eigenvalue weighted by molar-refractivity contribution is 6.30. The Bertz CT molecular complexity index is 1130. The zero-order valence-corrected chi connectivity index (χ0v) is 20.8. The number of hydrogen-bond acceptors (Lipinski definition) is 4. The molecule has 186 valence electrons. The molecule has 7 nitrogen and oxygen atoms in total. The molecule has 2 aromatic carbocycles. The quantitative estimate of drug-likeness (QED) is 0.586. The molecule has 4 N–H and O–H groups in total. The summed E-state index contributed by atoms with van der Waals surface area (Å²) in [6, 6.07) is 13.2. The molecule has 8 heteroatoms. The Balaban J connectivity index is 1.45. The van der Waals surface area contributed by atoms with E-state index in [-0.39, 0.29) is 29.3 Å². The summed E-state index contributed by atoms with van der Waals surface area (Å²) in [5.41, 5.74) is 5.07. The molecule has 0 bridgehead atoms. The fourth-order valence-electron chi connectivity index (χ4n) is 5.50. The van der Waals surface area contributed by atoms with Crippen molar-refractivity contribution in [2.24, 2.45) is 17.1 Å². The Hall–Kier alpha value is -2.90. The highest BCUT2D eigenvalue weighted by atomic mass is 35.5. The SMILES string of the molecule is CC1(C)CN(C(=O)[C@H]2CCC[C@H]2NC(=O)c2cccc(C(N)=O)c2)CC[C@]1(O)c1ccc(Cl)cc1. The first-order chi connectivity index (χ1) is 16.5. The standard InChI is InChI=1S/C27H32ClN3O4/c1-26(2)16-31(14-13-27(26,35)19-9-11-20(28)12-10-19)25(34)21-7-4-8-22(21)30-24(33)18-6-3-5-17(15-18)23(29)32/h3,5-6,9-12,15,21-22,35H,4,7-8,13-14,16H2,1-2H3,(H2,29,32)(H,30,33)/t21-,22+,27-/m0/s1. The molecule has 2 aliphatic rings. The summed E-state index contributed by atoms with van der Waals surface area (Å²) in [6.45, 7) is 4.78. The highest BCUT2D eigenvalue weighted by Gasteiger charge is 2.50. The number of halogens is 1. The van der Waals surface area contributed by atoms with Gasteiger partial charge in [-0.15, -0.1) is 0 Å². The maximum absolute atomic E-state index is 13.6. The van der Waals surface area contributed by atoms with Crippen LogP contribution in [0.25, 0.3) is 0 Å². The van der Waals surface area contributed by atoms with Crippen LogP contribution in [0.4, 0.5) is 0 Å². The molecule has 35 heavy (non-hydrogen) atoms. The van der Waals surface area contributed by atoms with E-state index < -0.39 is 16.9 Å². The first-order valence-corrected chi connectivity index (χ1v) is 12.4. The minimum Gasteiger partial charge on any atom is -0.384 e. The van der Waals surface area contributed by atoms with Crippen molar-refractivity contribution in [3.8, 4) is 0 Å². The van der Waals surface area contributed by atoms with Crippen molar-refractivity contribution in [2.45, 2.75) is 51.2 Å². The third-order valence-electron chi connectivity index (χ3n) is 7.64. The second-order valence-electron chi connectivity index (χ2n) is 10.3. The molecule has 2 fully saturated rings. The van der Waals surface area contributed by atoms with E-state index in [1.54, 1.807) is 30.3 Å². The molecule has 1 saturated carbocycles. The lowest BCUT2D eigenvalue weighted by Gasteiger charge is -2.51. The minimum absolute atomic E-state index is 0.00455. The van der Waals surface area contributed by atoms with Crippen LogP contribution >= 0.6 is 11.6 Å². The van der Waals surface area contributed by atoms with E-state index >= 15 is 0 Å². The summed E-state index contributed by atoms with van der Waals surface area (Å²) in [5.74, 6) is -1.24. The topological polar surface area (TPSA) is 113 Å². The fourth-order valence-corrected chi connectivity index (χ4v) is 5.63. The van der Waals surface area contributed by atoms with Gasteiger partial charge < -0.3 is 21.1 Å². The predicted molar refractivity (Wildman–Crippen MR) is 134 cm³/mol. The monoisotopic (exact) mass is 497 g/mol. The number of carbonyl (C=O) groups excluding carboxylic acids is 3. The van der Waals surface area contributed by atoms with Crippen molar-refractivity contribution >= 4 is 29.3 Å². The summed E-state index contributed by atoms with van der Waals surface area (Å²) in [6.07, 6.45) is 2.67. The number of nitrogens with two attached hydrogens (primary N) is 1. The van der Waals surface area contributed by atoms with Gasteiger partial charge in [-0.1, -0.05) is 50.1 Å². The molecular formula is C27H32ClN3O4. The van der Waals surface area contributed by atoms with Gasteiger partial charge in [0.25, 0.3) is 5.91 Å². The molecule has 3 amide bonds. The van der Waals surface area contributed by atoms with Crippen LogP contribution < -0.4 is 11.1 Å². The lowest BCUT2D eigenvalue weighted by molar-refractivity contribution is -0.156. The number of amides is 3. The molecule has 0 aromatic heterocycles. The van der Waals surface area contributed by atoms with Crippen LogP contribution in [-0.2, 0) is 10.4 Å². The number of aliphatic hydroxyl groups is 1. The van der Waals surface area contributed by atoms with Crippen LogP contribution in [0.2, 0.25) is 5.02 Å². The highest BCUT2D eigenvalue weighted by Crippen LogP contribution is 2.46. The molecule has 0 unspecified atom stereocenters. The summed E-state index contributed by atoms with van der Waals surface area (Å²) in [4.78, 5) is 39.7. The van der Waals surface area contributed by atoms with Crippen molar-refractivity contribution in [3.05, 3.63) is 70.2 Å². The minimum atomic E-state index is -1.08. The van der Waals surface area contributed by atoms with Crippen molar-refractivity contribution < 1.29 is 19.5 Å². The van der Waals surface area contributed by atoms with Gasteiger partial charge in [-0.25, -0.2) is 0 Å². The Morgan fingerprint density at radius 3 is 2.43 bits per heavy atom. The lowest BCUT2D eigenvalue weighted by atomic mass is 9.66. The summed E-state index contributed by atoms with van der Waals surface area (Å²) >= 11 is 6.03. The van der Waals surface area contributed by atoms with Gasteiger partial charge in [-0.2, -0.15) is 0 Å². The number of nitrogens with zero attached hydrogens (tertiary/aromatic N) is 1. The number of piperidine rings is 1. The molecular weight excluding hydrogens is 466 g/mol. The number of rotatable bonds is 5. The second kappa shape index (κ2) is 9.63. The van der Waals surface area contributed by atoms with E-state index in [9.17, 15) is 19.5 Å². The molecule has 1 saturated heterocycles. The average molecular weight is 498 g/mol. The van der Waals surface area contributed by atoms with Gasteiger partial charge >= 0.3 is 0 Å². The maximum atomic E-state index is 13.6. The van der Waals surface area contributed by atoms with E-state index in [4.69, 9.17) is 17.3 Å². The summed E-state index contributed by atoms with van der Waals surface area (Å²) < 4.78 is 0. The van der Waals surface area contributed by atoms with E-state index in [0.717, 1.165) is 12.0 Å². The van der Waals surface area contributed by atoms with Gasteiger partial charge in [-0.3, -0.25) is 14.4 Å². The molecule has 0 spiro atoms. The first-order valence-electron chi connectivity index (χ1n) is 12.0. The van der Waals surface area contributed by atoms with Gasteiger partial charge in [0.1, 0.15) is 0 Å². The molecule has 1 aliphatic carbocycles. The zero-order valence-electron chi connectivity index (χ0n) is 20.1. The molecule has 4 rings (SSSR count). The van der Waals surface area contributed by atoms with Crippen LogP contribution in [0.5, 0.6) is 0 Å². The first kappa shape index (κ1) is 25.2. The smallest absolute Gasteiger partial charge is 0.251 e. The van der Waals surface area contributed by atoms with Crippen LogP contribution in [0.15, 0.2) is 48.5 Å². The Morgan fingerprint density at radius 1 is 1.09 bits per heavy atom. The number of carbonyl (C=O) groups is 3. The fraction of sp³-hybridized carbons (Fsp3) is 0.444. The van der Waals surface area contributed by atoms with Gasteiger partial charge in [0.2, 0.25) is 11.8 Å². The van der Waals surface area contributed by atoms with Crippen LogP contribution in [-0.4, -0.2) is 46.9 Å². The maximum Gasteiger partial charge on any atom is 0.251 e. The third-order valence-corrected chi connectivity index (χ3v) is 7.89. The Kier molecular flexibility index (Phi) is 6.93.